The topological polar surface area (TPSA) is 70.0 Å². The van der Waals surface area contributed by atoms with Gasteiger partial charge in [0.05, 0.1) is 11.6 Å². The van der Waals surface area contributed by atoms with Crippen molar-refractivity contribution in [3.8, 4) is 6.07 Å². The monoisotopic (exact) mass is 212 g/mol. The molecule has 1 unspecified atom stereocenters. The first-order chi connectivity index (χ1) is 6.27. The zero-order valence-electron chi connectivity index (χ0n) is 7.68. The van der Waals surface area contributed by atoms with Crippen molar-refractivity contribution in [2.24, 2.45) is 5.73 Å². The molecule has 0 aliphatic rings. The van der Waals surface area contributed by atoms with Crippen molar-refractivity contribution in [1.29, 1.82) is 5.26 Å². The van der Waals surface area contributed by atoms with Crippen molar-refractivity contribution < 1.29 is 5.11 Å². The van der Waals surface area contributed by atoms with E-state index in [4.69, 9.17) is 16.1 Å². The average Bonchev–Trinajstić information content (AvgIpc) is 2.18. The van der Waals surface area contributed by atoms with Gasteiger partial charge in [-0.05, 0) is 24.1 Å². The minimum Gasteiger partial charge on any atom is -0.396 e. The van der Waals surface area contributed by atoms with Gasteiger partial charge < -0.3 is 10.8 Å². The molecule has 0 heterocycles. The highest BCUT2D eigenvalue weighted by Crippen LogP contribution is 2.14. The first-order valence-electron chi connectivity index (χ1n) is 4.14. The molecule has 1 rings (SSSR count). The van der Waals surface area contributed by atoms with Gasteiger partial charge in [-0.2, -0.15) is 5.26 Å². The quantitative estimate of drug-likeness (QED) is 0.795. The Hall–Kier alpha value is -1.08. The Labute approximate surface area is 89.6 Å². The molecule has 0 spiro atoms. The van der Waals surface area contributed by atoms with Gasteiger partial charge in [-0.25, -0.2) is 0 Å². The maximum atomic E-state index is 8.68. The Kier molecular flexibility index (Phi) is 5.89. The third kappa shape index (κ3) is 3.35. The molecular formula is C10H13ClN2O. The Balaban J connectivity index is 0.00000169. The predicted molar refractivity (Wildman–Crippen MR) is 57.0 cm³/mol. The molecule has 0 bridgehead atoms. The van der Waals surface area contributed by atoms with Crippen molar-refractivity contribution >= 4 is 12.4 Å². The third-order valence-corrected chi connectivity index (χ3v) is 1.88. The van der Waals surface area contributed by atoms with E-state index >= 15 is 0 Å². The minimum atomic E-state index is -0.182. The summed E-state index contributed by atoms with van der Waals surface area (Å²) in [6.07, 6.45) is 0.523. The van der Waals surface area contributed by atoms with E-state index in [1.54, 1.807) is 18.2 Å². The molecule has 3 N–H and O–H groups in total. The molecule has 1 aromatic rings. The van der Waals surface area contributed by atoms with Crippen LogP contribution in [0.3, 0.4) is 0 Å². The van der Waals surface area contributed by atoms with Crippen LogP contribution in [0.15, 0.2) is 24.3 Å². The smallest absolute Gasteiger partial charge is 0.0991 e. The molecule has 0 aromatic heterocycles. The second-order valence-corrected chi connectivity index (χ2v) is 2.86. The molecule has 1 aromatic carbocycles. The number of nitrogens with two attached hydrogens (primary N) is 1. The number of rotatable bonds is 3. The van der Waals surface area contributed by atoms with Gasteiger partial charge in [-0.15, -0.1) is 12.4 Å². The summed E-state index contributed by atoms with van der Waals surface area (Å²) < 4.78 is 0. The molecule has 0 fully saturated rings. The molecular weight excluding hydrogens is 200 g/mol. The van der Waals surface area contributed by atoms with Crippen LogP contribution in [-0.2, 0) is 0 Å². The van der Waals surface area contributed by atoms with Gasteiger partial charge in [-0.1, -0.05) is 12.1 Å². The van der Waals surface area contributed by atoms with Crippen LogP contribution in [0.25, 0.3) is 0 Å². The molecule has 4 heteroatoms. The van der Waals surface area contributed by atoms with Crippen LogP contribution >= 0.6 is 12.4 Å². The van der Waals surface area contributed by atoms with E-state index in [1.165, 1.54) is 0 Å². The summed E-state index contributed by atoms with van der Waals surface area (Å²) in [6, 6.07) is 9.00. The van der Waals surface area contributed by atoms with E-state index in [0.29, 0.717) is 12.0 Å². The first kappa shape index (κ1) is 12.9. The van der Waals surface area contributed by atoms with Crippen LogP contribution < -0.4 is 5.73 Å². The summed E-state index contributed by atoms with van der Waals surface area (Å²) in [6.45, 7) is 0.0674. The molecule has 76 valence electrons. The fourth-order valence-electron chi connectivity index (χ4n) is 1.14. The number of benzene rings is 1. The third-order valence-electron chi connectivity index (χ3n) is 1.88. The largest absolute Gasteiger partial charge is 0.396 e. The Morgan fingerprint density at radius 3 is 2.79 bits per heavy atom. The highest BCUT2D eigenvalue weighted by atomic mass is 35.5. The van der Waals surface area contributed by atoms with Gasteiger partial charge >= 0.3 is 0 Å². The number of hydrogen-bond acceptors (Lipinski definition) is 3. The number of aliphatic hydroxyl groups excluding tert-OH is 1. The predicted octanol–water partition coefficient (Wildman–Crippen LogP) is 1.36. The van der Waals surface area contributed by atoms with Crippen LogP contribution in [0.2, 0.25) is 0 Å². The number of nitriles is 1. The van der Waals surface area contributed by atoms with Crippen LogP contribution in [0.5, 0.6) is 0 Å². The highest BCUT2D eigenvalue weighted by molar-refractivity contribution is 5.85. The summed E-state index contributed by atoms with van der Waals surface area (Å²) in [7, 11) is 0. The Bertz CT molecular complexity index is 322. The molecule has 0 amide bonds. The van der Waals surface area contributed by atoms with E-state index in [0.717, 1.165) is 5.56 Å². The summed E-state index contributed by atoms with van der Waals surface area (Å²) in [5, 5.41) is 17.3. The molecule has 14 heavy (non-hydrogen) atoms. The molecule has 0 saturated heterocycles. The average molecular weight is 213 g/mol. The molecule has 0 aliphatic heterocycles. The highest BCUT2D eigenvalue weighted by Gasteiger charge is 2.04. The second-order valence-electron chi connectivity index (χ2n) is 2.86. The molecule has 1 atom stereocenters. The zero-order chi connectivity index (χ0) is 9.68. The maximum Gasteiger partial charge on any atom is 0.0991 e. The van der Waals surface area contributed by atoms with Crippen molar-refractivity contribution in [3.05, 3.63) is 35.4 Å². The second kappa shape index (κ2) is 6.39. The lowest BCUT2D eigenvalue weighted by Crippen LogP contribution is -2.11. The fourth-order valence-corrected chi connectivity index (χ4v) is 1.14. The first-order valence-corrected chi connectivity index (χ1v) is 4.14. The summed E-state index contributed by atoms with van der Waals surface area (Å²) in [4.78, 5) is 0. The lowest BCUT2D eigenvalue weighted by molar-refractivity contribution is 0.276. The normalized spacial score (nSPS) is 11.2. The molecule has 0 aliphatic carbocycles. The number of hydrogen-bond donors (Lipinski definition) is 2. The SMILES string of the molecule is Cl.N#Cc1cccc(C(N)CCO)c1. The number of aliphatic hydroxyl groups is 1. The maximum absolute atomic E-state index is 8.68. The Morgan fingerprint density at radius 1 is 1.50 bits per heavy atom. The Morgan fingerprint density at radius 2 is 2.21 bits per heavy atom. The molecule has 0 radical (unpaired) electrons. The summed E-state index contributed by atoms with van der Waals surface area (Å²) in [5.74, 6) is 0. The molecule has 3 nitrogen and oxygen atoms in total. The van der Waals surface area contributed by atoms with E-state index in [2.05, 4.69) is 0 Å². The van der Waals surface area contributed by atoms with Crippen molar-refractivity contribution in [3.63, 3.8) is 0 Å². The van der Waals surface area contributed by atoms with Gasteiger partial charge in [0.25, 0.3) is 0 Å². The summed E-state index contributed by atoms with van der Waals surface area (Å²) >= 11 is 0. The zero-order valence-corrected chi connectivity index (χ0v) is 8.50. The van der Waals surface area contributed by atoms with Crippen LogP contribution in [-0.4, -0.2) is 11.7 Å². The lowest BCUT2D eigenvalue weighted by Gasteiger charge is -2.09. The van der Waals surface area contributed by atoms with Gasteiger partial charge in [0.2, 0.25) is 0 Å². The molecule has 0 saturated carbocycles. The minimum absolute atomic E-state index is 0. The van der Waals surface area contributed by atoms with Crippen LogP contribution in [0.1, 0.15) is 23.6 Å². The van der Waals surface area contributed by atoms with E-state index in [-0.39, 0.29) is 25.1 Å². The lowest BCUT2D eigenvalue weighted by atomic mass is 10.0. The van der Waals surface area contributed by atoms with Crippen LogP contribution in [0.4, 0.5) is 0 Å². The van der Waals surface area contributed by atoms with Gasteiger partial charge in [0.15, 0.2) is 0 Å². The van der Waals surface area contributed by atoms with Gasteiger partial charge in [-0.3, -0.25) is 0 Å². The standard InChI is InChI=1S/C10H12N2O.ClH/c11-7-8-2-1-3-9(6-8)10(12)4-5-13;/h1-3,6,10,13H,4-5,12H2;1H. The summed E-state index contributed by atoms with van der Waals surface area (Å²) in [5.41, 5.74) is 7.26. The van der Waals surface area contributed by atoms with Gasteiger partial charge in [0.1, 0.15) is 0 Å². The van der Waals surface area contributed by atoms with E-state index < -0.39 is 0 Å². The van der Waals surface area contributed by atoms with Crippen LogP contribution in [0, 0.1) is 11.3 Å². The van der Waals surface area contributed by atoms with Crippen molar-refractivity contribution in [2.75, 3.05) is 6.61 Å². The van der Waals surface area contributed by atoms with Crippen molar-refractivity contribution in [2.45, 2.75) is 12.5 Å². The van der Waals surface area contributed by atoms with E-state index in [1.807, 2.05) is 12.1 Å². The van der Waals surface area contributed by atoms with Crippen molar-refractivity contribution in [1.82, 2.24) is 0 Å². The van der Waals surface area contributed by atoms with Gasteiger partial charge in [0, 0.05) is 12.6 Å². The van der Waals surface area contributed by atoms with E-state index in [9.17, 15) is 0 Å². The fraction of sp³-hybridized carbons (Fsp3) is 0.300. The number of nitrogens with zero attached hydrogens (tertiary/aromatic N) is 1. The number of halogens is 1.